The minimum absolute atomic E-state index is 0.0195. The number of nitrogens with one attached hydrogen (secondary N) is 1. The van der Waals surface area contributed by atoms with Gasteiger partial charge in [-0.3, -0.25) is 4.79 Å². The van der Waals surface area contributed by atoms with Crippen LogP contribution in [-0.2, 0) is 16.0 Å². The van der Waals surface area contributed by atoms with Gasteiger partial charge in [-0.1, -0.05) is 6.92 Å². The number of aliphatic hydroxyl groups excluding tert-OH is 1. The molecule has 0 bridgehead atoms. The van der Waals surface area contributed by atoms with Crippen LogP contribution in [0.1, 0.15) is 43.1 Å². The maximum atomic E-state index is 11.2. The van der Waals surface area contributed by atoms with Crippen LogP contribution in [-0.4, -0.2) is 35.3 Å². The van der Waals surface area contributed by atoms with E-state index in [4.69, 9.17) is 4.74 Å². The van der Waals surface area contributed by atoms with Crippen molar-refractivity contribution in [1.29, 1.82) is 0 Å². The molecule has 2 unspecified atom stereocenters. The third kappa shape index (κ3) is 5.67. The third-order valence-electron chi connectivity index (χ3n) is 2.66. The fourth-order valence-electron chi connectivity index (χ4n) is 1.57. The fraction of sp³-hybridized carbons (Fsp3) is 0.692. The van der Waals surface area contributed by atoms with Crippen molar-refractivity contribution in [3.05, 3.63) is 16.1 Å². The SMILES string of the molecule is CCOC(=O)CC(O)CNC(C)c1ncc(CC)s1. The molecule has 0 amide bonds. The van der Waals surface area contributed by atoms with Crippen LogP contribution < -0.4 is 5.32 Å². The first-order valence-electron chi connectivity index (χ1n) is 6.58. The molecule has 0 spiro atoms. The Labute approximate surface area is 118 Å². The highest BCUT2D eigenvalue weighted by molar-refractivity contribution is 7.11. The molecule has 1 heterocycles. The summed E-state index contributed by atoms with van der Waals surface area (Å²) < 4.78 is 4.78. The second-order valence-electron chi connectivity index (χ2n) is 4.31. The number of esters is 1. The topological polar surface area (TPSA) is 71.5 Å². The summed E-state index contributed by atoms with van der Waals surface area (Å²) in [4.78, 5) is 16.8. The molecule has 19 heavy (non-hydrogen) atoms. The van der Waals surface area contributed by atoms with E-state index < -0.39 is 6.10 Å². The molecule has 108 valence electrons. The van der Waals surface area contributed by atoms with Gasteiger partial charge in [0.15, 0.2) is 0 Å². The Morgan fingerprint density at radius 2 is 2.32 bits per heavy atom. The van der Waals surface area contributed by atoms with Gasteiger partial charge in [-0.25, -0.2) is 4.98 Å². The Hall–Kier alpha value is -0.980. The van der Waals surface area contributed by atoms with Gasteiger partial charge in [0.25, 0.3) is 0 Å². The summed E-state index contributed by atoms with van der Waals surface area (Å²) in [6, 6.07) is 0.0714. The molecule has 0 aliphatic rings. The number of nitrogens with zero attached hydrogens (tertiary/aromatic N) is 1. The quantitative estimate of drug-likeness (QED) is 0.711. The molecule has 0 radical (unpaired) electrons. The second kappa shape index (κ2) is 8.24. The molecule has 6 heteroatoms. The standard InChI is InChI=1S/C13H22N2O3S/c1-4-11-8-15-13(19-11)9(3)14-7-10(16)6-12(17)18-5-2/h8-10,14,16H,4-7H2,1-3H3. The predicted molar refractivity (Wildman–Crippen MR) is 75.2 cm³/mol. The van der Waals surface area contributed by atoms with Gasteiger partial charge < -0.3 is 15.2 Å². The van der Waals surface area contributed by atoms with Crippen molar-refractivity contribution >= 4 is 17.3 Å². The van der Waals surface area contributed by atoms with Crippen LogP contribution >= 0.6 is 11.3 Å². The molecule has 0 aromatic carbocycles. The first-order valence-corrected chi connectivity index (χ1v) is 7.40. The number of ether oxygens (including phenoxy) is 1. The Kier molecular flexibility index (Phi) is 6.97. The maximum absolute atomic E-state index is 11.2. The van der Waals surface area contributed by atoms with Crippen molar-refractivity contribution in [2.75, 3.05) is 13.2 Å². The summed E-state index contributed by atoms with van der Waals surface area (Å²) in [5, 5.41) is 13.9. The number of carbonyl (C=O) groups is 1. The first-order chi connectivity index (χ1) is 9.06. The lowest BCUT2D eigenvalue weighted by atomic mass is 10.2. The molecule has 0 saturated heterocycles. The van der Waals surface area contributed by atoms with Gasteiger partial charge in [0.1, 0.15) is 5.01 Å². The molecule has 0 fully saturated rings. The number of thiazole rings is 1. The highest BCUT2D eigenvalue weighted by atomic mass is 32.1. The summed E-state index contributed by atoms with van der Waals surface area (Å²) in [5.74, 6) is -0.369. The van der Waals surface area contributed by atoms with Crippen LogP contribution in [0.2, 0.25) is 0 Å². The monoisotopic (exact) mass is 286 g/mol. The van der Waals surface area contributed by atoms with Gasteiger partial charge >= 0.3 is 5.97 Å². The summed E-state index contributed by atoms with van der Waals surface area (Å²) in [6.45, 7) is 6.53. The number of aryl methyl sites for hydroxylation is 1. The smallest absolute Gasteiger partial charge is 0.308 e. The number of hydrogen-bond acceptors (Lipinski definition) is 6. The molecule has 2 N–H and O–H groups in total. The second-order valence-corrected chi connectivity index (χ2v) is 5.46. The number of aliphatic hydroxyl groups is 1. The van der Waals surface area contributed by atoms with E-state index in [0.717, 1.165) is 11.4 Å². The van der Waals surface area contributed by atoms with Crippen molar-refractivity contribution in [2.24, 2.45) is 0 Å². The van der Waals surface area contributed by atoms with E-state index in [1.165, 1.54) is 4.88 Å². The van der Waals surface area contributed by atoms with E-state index in [1.54, 1.807) is 18.3 Å². The molecular formula is C13H22N2O3S. The molecule has 0 saturated carbocycles. The minimum Gasteiger partial charge on any atom is -0.466 e. The maximum Gasteiger partial charge on any atom is 0.308 e. The lowest BCUT2D eigenvalue weighted by molar-refractivity contribution is -0.145. The Balaban J connectivity index is 2.33. The Morgan fingerprint density at radius 1 is 1.58 bits per heavy atom. The van der Waals surface area contributed by atoms with Gasteiger partial charge in [-0.05, 0) is 20.3 Å². The van der Waals surface area contributed by atoms with E-state index in [9.17, 15) is 9.90 Å². The fourth-order valence-corrected chi connectivity index (χ4v) is 2.45. The lowest BCUT2D eigenvalue weighted by Gasteiger charge is -2.14. The Bertz CT molecular complexity index is 395. The van der Waals surface area contributed by atoms with Crippen LogP contribution in [0.4, 0.5) is 0 Å². The minimum atomic E-state index is -0.730. The predicted octanol–water partition coefficient (Wildman–Crippen LogP) is 1.67. The largest absolute Gasteiger partial charge is 0.466 e. The average molecular weight is 286 g/mol. The number of rotatable bonds is 8. The highest BCUT2D eigenvalue weighted by Crippen LogP contribution is 2.20. The zero-order valence-electron chi connectivity index (χ0n) is 11.7. The van der Waals surface area contributed by atoms with Crippen LogP contribution in [0.5, 0.6) is 0 Å². The molecular weight excluding hydrogens is 264 g/mol. The highest BCUT2D eigenvalue weighted by Gasteiger charge is 2.15. The zero-order valence-corrected chi connectivity index (χ0v) is 12.5. The van der Waals surface area contributed by atoms with Crippen molar-refractivity contribution in [2.45, 2.75) is 45.8 Å². The Morgan fingerprint density at radius 3 is 2.89 bits per heavy atom. The van der Waals surface area contributed by atoms with Crippen molar-refractivity contribution in [3.8, 4) is 0 Å². The summed E-state index contributed by atoms with van der Waals surface area (Å²) in [6.07, 6.45) is 2.15. The molecule has 1 rings (SSSR count). The number of hydrogen-bond donors (Lipinski definition) is 2. The van der Waals surface area contributed by atoms with Gasteiger partial charge in [0.2, 0.25) is 0 Å². The van der Waals surface area contributed by atoms with Crippen molar-refractivity contribution in [1.82, 2.24) is 10.3 Å². The normalized spacial score (nSPS) is 14.1. The molecule has 1 aromatic heterocycles. The zero-order chi connectivity index (χ0) is 14.3. The number of carbonyl (C=O) groups excluding carboxylic acids is 1. The molecule has 0 aliphatic heterocycles. The molecule has 0 aliphatic carbocycles. The van der Waals surface area contributed by atoms with E-state index in [-0.39, 0.29) is 18.4 Å². The van der Waals surface area contributed by atoms with E-state index in [0.29, 0.717) is 13.2 Å². The van der Waals surface area contributed by atoms with Crippen LogP contribution in [0.15, 0.2) is 6.20 Å². The number of aromatic nitrogens is 1. The first kappa shape index (κ1) is 16.1. The van der Waals surface area contributed by atoms with Gasteiger partial charge in [-0.2, -0.15) is 0 Å². The molecule has 2 atom stereocenters. The average Bonchev–Trinajstić information content (AvgIpc) is 2.85. The van der Waals surface area contributed by atoms with Gasteiger partial charge in [0, 0.05) is 17.6 Å². The van der Waals surface area contributed by atoms with Crippen LogP contribution in [0, 0.1) is 0 Å². The van der Waals surface area contributed by atoms with E-state index in [1.807, 2.05) is 13.1 Å². The third-order valence-corrected chi connectivity index (χ3v) is 3.98. The summed E-state index contributed by atoms with van der Waals surface area (Å²) in [7, 11) is 0. The van der Waals surface area contributed by atoms with E-state index >= 15 is 0 Å². The molecule has 5 nitrogen and oxygen atoms in total. The van der Waals surface area contributed by atoms with Crippen LogP contribution in [0.25, 0.3) is 0 Å². The lowest BCUT2D eigenvalue weighted by Crippen LogP contribution is -2.31. The summed E-state index contributed by atoms with van der Waals surface area (Å²) in [5.41, 5.74) is 0. The van der Waals surface area contributed by atoms with Crippen LogP contribution in [0.3, 0.4) is 0 Å². The summed E-state index contributed by atoms with van der Waals surface area (Å²) >= 11 is 1.67. The van der Waals surface area contributed by atoms with Gasteiger partial charge in [0.05, 0.1) is 25.2 Å². The van der Waals surface area contributed by atoms with Crippen molar-refractivity contribution < 1.29 is 14.6 Å². The van der Waals surface area contributed by atoms with Crippen molar-refractivity contribution in [3.63, 3.8) is 0 Å². The van der Waals surface area contributed by atoms with Gasteiger partial charge in [-0.15, -0.1) is 11.3 Å². The molecule has 1 aromatic rings. The van der Waals surface area contributed by atoms with E-state index in [2.05, 4.69) is 17.2 Å².